The second kappa shape index (κ2) is 8.87. The van der Waals surface area contributed by atoms with E-state index in [-0.39, 0.29) is 34.8 Å². The van der Waals surface area contributed by atoms with Gasteiger partial charge in [0.15, 0.2) is 5.11 Å². The Morgan fingerprint density at radius 3 is 2.31 bits per heavy atom. The van der Waals surface area contributed by atoms with Crippen molar-refractivity contribution in [1.82, 2.24) is 19.3 Å². The van der Waals surface area contributed by atoms with Crippen LogP contribution in [0.5, 0.6) is 5.75 Å². The van der Waals surface area contributed by atoms with Gasteiger partial charge in [0, 0.05) is 58.0 Å². The highest BCUT2D eigenvalue weighted by atomic mass is 32.1. The van der Waals surface area contributed by atoms with Crippen LogP contribution in [0.4, 0.5) is 0 Å². The number of benzene rings is 1. The molecule has 1 aromatic heterocycles. The summed E-state index contributed by atoms with van der Waals surface area (Å²) in [5.41, 5.74) is 0.675. The number of aromatic nitrogens is 1. The fourth-order valence-electron chi connectivity index (χ4n) is 6.07. The highest BCUT2D eigenvalue weighted by Gasteiger charge is 2.55. The molecule has 3 aliphatic heterocycles. The van der Waals surface area contributed by atoms with Gasteiger partial charge < -0.3 is 14.2 Å². The monoisotopic (exact) mass is 494 g/mol. The molecule has 4 heterocycles. The van der Waals surface area contributed by atoms with Gasteiger partial charge in [-0.1, -0.05) is 18.2 Å². The second-order valence-corrected chi connectivity index (χ2v) is 10.4. The Kier molecular flexibility index (Phi) is 6.01. The number of hydrogen-bond acceptors (Lipinski definition) is 6. The van der Waals surface area contributed by atoms with E-state index in [1.165, 1.54) is 9.80 Å². The van der Waals surface area contributed by atoms with Crippen LogP contribution in [0, 0.1) is 11.3 Å². The summed E-state index contributed by atoms with van der Waals surface area (Å²) in [6.07, 6.45) is 1.28. The number of amides is 2. The molecule has 1 unspecified atom stereocenters. The van der Waals surface area contributed by atoms with Crippen LogP contribution in [0.2, 0.25) is 0 Å². The quantitative estimate of drug-likeness (QED) is 0.466. The van der Waals surface area contributed by atoms with Crippen molar-refractivity contribution >= 4 is 29.1 Å². The minimum atomic E-state index is -1.29. The zero-order chi connectivity index (χ0) is 24.9. The fraction of sp³-hybridized carbons (Fsp3) is 0.462. The van der Waals surface area contributed by atoms with Gasteiger partial charge in [0.25, 0.3) is 5.56 Å². The second-order valence-electron chi connectivity index (χ2n) is 10.0. The van der Waals surface area contributed by atoms with Crippen LogP contribution < -0.4 is 10.3 Å². The lowest BCUT2D eigenvalue weighted by molar-refractivity contribution is -0.157. The predicted octanol–water partition coefficient (Wildman–Crippen LogP) is 1.72. The molecule has 35 heavy (non-hydrogen) atoms. The van der Waals surface area contributed by atoms with Crippen molar-refractivity contribution in [1.29, 1.82) is 0 Å². The van der Waals surface area contributed by atoms with Crippen molar-refractivity contribution < 1.29 is 14.3 Å². The van der Waals surface area contributed by atoms with Gasteiger partial charge >= 0.3 is 0 Å². The number of carbonyl (C=O) groups is 2. The van der Waals surface area contributed by atoms with Crippen molar-refractivity contribution in [2.45, 2.75) is 25.3 Å². The molecule has 3 aliphatic rings. The van der Waals surface area contributed by atoms with E-state index in [4.69, 9.17) is 17.0 Å². The molecule has 2 fully saturated rings. The molecule has 5 rings (SSSR count). The zero-order valence-electron chi connectivity index (χ0n) is 20.3. The number of nitrogens with zero attached hydrogens (tertiary/aromatic N) is 4. The summed E-state index contributed by atoms with van der Waals surface area (Å²) in [5.74, 6) is 0.671. The van der Waals surface area contributed by atoms with Gasteiger partial charge in [0.05, 0.1) is 7.11 Å². The van der Waals surface area contributed by atoms with Gasteiger partial charge in [0.2, 0.25) is 11.8 Å². The zero-order valence-corrected chi connectivity index (χ0v) is 21.1. The normalized spacial score (nSPS) is 23.9. The number of pyridine rings is 1. The molecule has 184 valence electrons. The number of fused-ring (bicyclic) bond motifs is 4. The summed E-state index contributed by atoms with van der Waals surface area (Å²) in [6.45, 7) is 2.40. The molecule has 2 bridgehead atoms. The van der Waals surface area contributed by atoms with Crippen molar-refractivity contribution in [3.63, 3.8) is 0 Å². The van der Waals surface area contributed by atoms with Crippen molar-refractivity contribution in [2.75, 3.05) is 40.8 Å². The average molecular weight is 495 g/mol. The molecule has 2 atom stereocenters. The van der Waals surface area contributed by atoms with E-state index in [0.717, 1.165) is 30.0 Å². The Bertz CT molecular complexity index is 1220. The number of likely N-dealkylation sites (tertiary alicyclic amines) is 1. The topological polar surface area (TPSA) is 75.1 Å². The number of carbonyl (C=O) groups excluding carboxylic acids is 2. The third kappa shape index (κ3) is 3.96. The van der Waals surface area contributed by atoms with Gasteiger partial charge in [-0.25, -0.2) is 0 Å². The average Bonchev–Trinajstić information content (AvgIpc) is 2.86. The first-order valence-electron chi connectivity index (χ1n) is 11.9. The summed E-state index contributed by atoms with van der Waals surface area (Å²) in [5, 5.41) is 0.217. The Balaban J connectivity index is 1.49. The maximum Gasteiger partial charge on any atom is 0.250 e. The minimum Gasteiger partial charge on any atom is -0.497 e. The van der Waals surface area contributed by atoms with E-state index in [1.807, 2.05) is 41.0 Å². The molecule has 9 heteroatoms. The van der Waals surface area contributed by atoms with Crippen LogP contribution in [0.1, 0.15) is 23.6 Å². The SMILES string of the molecule is COc1ccc(CC2(CN3CC4C[C@@H](C3)c3cccc(=O)n3C4)C(=O)N(C)C(=S)N(C)C2=O)cc1. The van der Waals surface area contributed by atoms with Gasteiger partial charge in [0.1, 0.15) is 11.2 Å². The molecule has 0 spiro atoms. The number of thiocarbonyl (C=S) groups is 1. The highest BCUT2D eigenvalue weighted by Crippen LogP contribution is 2.39. The third-order valence-corrected chi connectivity index (χ3v) is 8.26. The third-order valence-electron chi connectivity index (χ3n) is 7.72. The summed E-state index contributed by atoms with van der Waals surface area (Å²) < 4.78 is 7.16. The van der Waals surface area contributed by atoms with Gasteiger partial charge in [-0.3, -0.25) is 24.2 Å². The lowest BCUT2D eigenvalue weighted by Gasteiger charge is -2.48. The first-order chi connectivity index (χ1) is 16.7. The van der Waals surface area contributed by atoms with Crippen molar-refractivity contribution in [3.8, 4) is 5.75 Å². The lowest BCUT2D eigenvalue weighted by atomic mass is 9.75. The number of hydrogen-bond donors (Lipinski definition) is 0. The van der Waals surface area contributed by atoms with Crippen LogP contribution in [0.3, 0.4) is 0 Å². The van der Waals surface area contributed by atoms with E-state index in [9.17, 15) is 14.4 Å². The van der Waals surface area contributed by atoms with Gasteiger partial charge in [-0.2, -0.15) is 0 Å². The maximum absolute atomic E-state index is 13.8. The largest absolute Gasteiger partial charge is 0.497 e. The molecule has 2 aromatic rings. The van der Waals surface area contributed by atoms with Crippen LogP contribution in [0.25, 0.3) is 0 Å². The molecule has 8 nitrogen and oxygen atoms in total. The predicted molar refractivity (Wildman–Crippen MR) is 135 cm³/mol. The molecule has 0 aliphatic carbocycles. The van der Waals surface area contributed by atoms with Crippen LogP contribution >= 0.6 is 12.2 Å². The fourth-order valence-corrected chi connectivity index (χ4v) is 6.24. The van der Waals surface area contributed by atoms with Crippen LogP contribution in [0.15, 0.2) is 47.3 Å². The van der Waals surface area contributed by atoms with Crippen LogP contribution in [-0.4, -0.2) is 77.0 Å². The highest BCUT2D eigenvalue weighted by molar-refractivity contribution is 7.80. The van der Waals surface area contributed by atoms with Crippen LogP contribution in [-0.2, 0) is 22.6 Å². The Morgan fingerprint density at radius 2 is 1.66 bits per heavy atom. The summed E-state index contributed by atoms with van der Waals surface area (Å²) in [4.78, 5) is 45.1. The number of methoxy groups -OCH3 is 1. The standard InChI is InChI=1S/C26H30N4O4S/c1-27-23(32)26(24(33)28(2)25(27)35,12-17-7-9-20(34-3)10-8-17)16-29-13-18-11-19(15-29)21-5-4-6-22(31)30(21)14-18/h4-10,18-19H,11-16H2,1-3H3/t18?,19-/m0/s1. The molecule has 0 N–H and O–H groups in total. The summed E-state index contributed by atoms with van der Waals surface area (Å²) in [6, 6.07) is 13.0. The maximum atomic E-state index is 13.8. The molecule has 2 amide bonds. The summed E-state index contributed by atoms with van der Waals surface area (Å²) in [7, 11) is 4.89. The van der Waals surface area contributed by atoms with Gasteiger partial charge in [-0.05, 0) is 54.7 Å². The molecule has 2 saturated heterocycles. The smallest absolute Gasteiger partial charge is 0.250 e. The van der Waals surface area contributed by atoms with E-state index in [1.54, 1.807) is 27.3 Å². The molecular weight excluding hydrogens is 464 g/mol. The van der Waals surface area contributed by atoms with Crippen molar-refractivity contribution in [2.24, 2.45) is 11.3 Å². The number of piperidine rings is 1. The van der Waals surface area contributed by atoms with Gasteiger partial charge in [-0.15, -0.1) is 0 Å². The summed E-state index contributed by atoms with van der Waals surface area (Å²) >= 11 is 5.38. The molecular formula is C26H30N4O4S. The Labute approximate surface area is 210 Å². The lowest BCUT2D eigenvalue weighted by Crippen LogP contribution is -2.67. The molecule has 0 saturated carbocycles. The molecule has 0 radical (unpaired) electrons. The minimum absolute atomic E-state index is 0.0380. The van der Waals surface area contributed by atoms with Crippen molar-refractivity contribution in [3.05, 3.63) is 64.1 Å². The molecule has 1 aromatic carbocycles. The number of ether oxygens (including phenoxy) is 1. The Hall–Kier alpha value is -3.04. The van der Waals surface area contributed by atoms with E-state index < -0.39 is 5.41 Å². The van der Waals surface area contributed by atoms with E-state index >= 15 is 0 Å². The van der Waals surface area contributed by atoms with E-state index in [2.05, 4.69) is 4.90 Å². The first-order valence-corrected chi connectivity index (χ1v) is 12.3. The van der Waals surface area contributed by atoms with E-state index in [0.29, 0.717) is 25.6 Å². The first kappa shape index (κ1) is 23.7. The Morgan fingerprint density at radius 1 is 0.971 bits per heavy atom. The number of rotatable bonds is 5.